The molecule has 1 aromatic heterocycles. The first-order valence-electron chi connectivity index (χ1n) is 11.2. The molecule has 2 saturated heterocycles. The summed E-state index contributed by atoms with van der Waals surface area (Å²) in [5.41, 5.74) is 3.65. The van der Waals surface area contributed by atoms with Gasteiger partial charge in [0.1, 0.15) is 0 Å². The average molecular weight is 410 g/mol. The Balaban J connectivity index is 1.26. The highest BCUT2D eigenvalue weighted by atomic mass is 32.1. The van der Waals surface area contributed by atoms with Gasteiger partial charge in [0.15, 0.2) is 0 Å². The molecule has 1 saturated carbocycles. The number of thiophene rings is 1. The van der Waals surface area contributed by atoms with Crippen LogP contribution < -0.4 is 4.90 Å². The lowest BCUT2D eigenvalue weighted by Crippen LogP contribution is -2.52. The topological polar surface area (TPSA) is 26.8 Å². The molecule has 1 aliphatic carbocycles. The van der Waals surface area contributed by atoms with E-state index in [0.29, 0.717) is 0 Å². The van der Waals surface area contributed by atoms with Crippen LogP contribution in [0.1, 0.15) is 47.3 Å². The molecule has 0 unspecified atom stereocenters. The van der Waals surface area contributed by atoms with E-state index in [-0.39, 0.29) is 5.91 Å². The van der Waals surface area contributed by atoms with Gasteiger partial charge in [0.05, 0.1) is 4.88 Å². The van der Waals surface area contributed by atoms with Gasteiger partial charge in [0.2, 0.25) is 0 Å². The normalized spacial score (nSPS) is 20.9. The number of anilines is 1. The molecule has 5 rings (SSSR count). The summed E-state index contributed by atoms with van der Waals surface area (Å²) >= 11 is 1.65. The lowest BCUT2D eigenvalue weighted by atomic mass is 9.91. The Morgan fingerprint density at radius 3 is 2.24 bits per heavy atom. The van der Waals surface area contributed by atoms with Crippen LogP contribution in [0, 0.1) is 6.92 Å². The van der Waals surface area contributed by atoms with Crippen LogP contribution in [-0.4, -0.2) is 61.0 Å². The summed E-state index contributed by atoms with van der Waals surface area (Å²) in [5.74, 6) is 0.220. The quantitative estimate of drug-likeness (QED) is 0.736. The van der Waals surface area contributed by atoms with E-state index in [2.05, 4.69) is 47.1 Å². The molecule has 0 bridgehead atoms. The van der Waals surface area contributed by atoms with Gasteiger partial charge in [-0.15, -0.1) is 11.3 Å². The summed E-state index contributed by atoms with van der Waals surface area (Å²) in [6.45, 7) is 8.53. The highest BCUT2D eigenvalue weighted by molar-refractivity contribution is 7.17. The minimum absolute atomic E-state index is 0.220. The van der Waals surface area contributed by atoms with Crippen molar-refractivity contribution in [3.05, 3.63) is 40.8 Å². The maximum Gasteiger partial charge on any atom is 0.264 e. The van der Waals surface area contributed by atoms with Crippen LogP contribution in [0.2, 0.25) is 0 Å². The van der Waals surface area contributed by atoms with Crippen molar-refractivity contribution in [2.75, 3.05) is 44.2 Å². The Bertz CT molecular complexity index is 857. The number of piperazine rings is 1. The zero-order chi connectivity index (χ0) is 19.8. The second-order valence-corrected chi connectivity index (χ2v) is 9.83. The number of hydrogen-bond donors (Lipinski definition) is 0. The van der Waals surface area contributed by atoms with Crippen molar-refractivity contribution >= 4 is 22.9 Å². The van der Waals surface area contributed by atoms with Crippen molar-refractivity contribution in [3.8, 4) is 10.4 Å². The van der Waals surface area contributed by atoms with E-state index in [1.165, 1.54) is 48.5 Å². The Morgan fingerprint density at radius 2 is 1.62 bits per heavy atom. The molecule has 2 aliphatic heterocycles. The van der Waals surface area contributed by atoms with Crippen LogP contribution in [0.15, 0.2) is 30.3 Å². The Hall–Kier alpha value is -1.85. The van der Waals surface area contributed by atoms with Crippen LogP contribution in [0.5, 0.6) is 0 Å². The predicted molar refractivity (Wildman–Crippen MR) is 121 cm³/mol. The molecule has 0 N–H and O–H groups in total. The van der Waals surface area contributed by atoms with Crippen molar-refractivity contribution in [1.29, 1.82) is 0 Å². The molecular weight excluding hydrogens is 378 g/mol. The first-order chi connectivity index (χ1) is 14.2. The molecule has 3 fully saturated rings. The molecule has 1 amide bonds. The summed E-state index contributed by atoms with van der Waals surface area (Å²) < 4.78 is 0. The second kappa shape index (κ2) is 8.11. The summed E-state index contributed by atoms with van der Waals surface area (Å²) in [5, 5.41) is 0. The van der Waals surface area contributed by atoms with Gasteiger partial charge in [-0.05, 0) is 61.9 Å². The molecule has 1 aromatic carbocycles. The average Bonchev–Trinajstić information content (AvgIpc) is 3.37. The molecule has 0 radical (unpaired) electrons. The van der Waals surface area contributed by atoms with Gasteiger partial charge in [-0.2, -0.15) is 0 Å². The lowest BCUT2D eigenvalue weighted by molar-refractivity contribution is 0.0797. The van der Waals surface area contributed by atoms with Crippen molar-refractivity contribution in [1.82, 2.24) is 9.80 Å². The number of nitrogens with zero attached hydrogens (tertiary/aromatic N) is 3. The van der Waals surface area contributed by atoms with Crippen molar-refractivity contribution in [2.45, 2.75) is 45.1 Å². The molecule has 5 heteroatoms. The van der Waals surface area contributed by atoms with E-state index in [1.807, 2.05) is 4.90 Å². The third-order valence-electron chi connectivity index (χ3n) is 6.93. The number of likely N-dealkylation sites (tertiary alicyclic amines) is 1. The standard InChI is InChI=1S/C24H31N3OS/c1-18-17-22(29-23(18)24(28)27-11-2-3-12-27)19-7-9-21(10-8-19)26-15-13-25(14-16-26)20-5-4-6-20/h7-10,17,20H,2-6,11-16H2,1H3. The van der Waals surface area contributed by atoms with E-state index < -0.39 is 0 Å². The second-order valence-electron chi connectivity index (χ2n) is 8.78. The first kappa shape index (κ1) is 19.1. The summed E-state index contributed by atoms with van der Waals surface area (Å²) in [6.07, 6.45) is 6.49. The number of aryl methyl sites for hydroxylation is 1. The lowest BCUT2D eigenvalue weighted by Gasteiger charge is -2.43. The summed E-state index contributed by atoms with van der Waals surface area (Å²) in [7, 11) is 0. The monoisotopic (exact) mass is 409 g/mol. The highest BCUT2D eigenvalue weighted by Crippen LogP contribution is 2.34. The first-order valence-corrected chi connectivity index (χ1v) is 12.0. The molecular formula is C24H31N3OS. The van der Waals surface area contributed by atoms with Crippen molar-refractivity contribution in [2.24, 2.45) is 0 Å². The summed E-state index contributed by atoms with van der Waals surface area (Å²) in [4.78, 5) is 22.1. The molecule has 0 spiro atoms. The Morgan fingerprint density at radius 1 is 0.931 bits per heavy atom. The Labute approximate surface area is 178 Å². The SMILES string of the molecule is Cc1cc(-c2ccc(N3CCN(C4CCC4)CC3)cc2)sc1C(=O)N1CCCC1. The van der Waals surface area contributed by atoms with Gasteiger partial charge < -0.3 is 9.80 Å². The fourth-order valence-corrected chi connectivity index (χ4v) is 5.98. The fourth-order valence-electron chi connectivity index (χ4n) is 4.83. The fraction of sp³-hybridized carbons (Fsp3) is 0.542. The number of carbonyl (C=O) groups excluding carboxylic acids is 1. The van der Waals surface area contributed by atoms with Crippen molar-refractivity contribution in [3.63, 3.8) is 0 Å². The van der Waals surface area contributed by atoms with E-state index in [9.17, 15) is 4.79 Å². The third-order valence-corrected chi connectivity index (χ3v) is 8.20. The molecule has 154 valence electrons. The molecule has 29 heavy (non-hydrogen) atoms. The smallest absolute Gasteiger partial charge is 0.264 e. The number of carbonyl (C=O) groups is 1. The van der Waals surface area contributed by atoms with Crippen LogP contribution in [0.25, 0.3) is 10.4 Å². The van der Waals surface area contributed by atoms with Crippen LogP contribution in [-0.2, 0) is 0 Å². The van der Waals surface area contributed by atoms with Gasteiger partial charge in [-0.1, -0.05) is 18.6 Å². The number of amides is 1. The van der Waals surface area contributed by atoms with E-state index in [4.69, 9.17) is 0 Å². The summed E-state index contributed by atoms with van der Waals surface area (Å²) in [6, 6.07) is 12.0. The highest BCUT2D eigenvalue weighted by Gasteiger charge is 2.28. The number of benzene rings is 1. The van der Waals surface area contributed by atoms with Crippen LogP contribution in [0.3, 0.4) is 0 Å². The maximum atomic E-state index is 12.8. The molecule has 3 heterocycles. The number of rotatable bonds is 4. The Kier molecular flexibility index (Phi) is 5.35. The van der Waals surface area contributed by atoms with Gasteiger partial charge in [-0.25, -0.2) is 0 Å². The van der Waals surface area contributed by atoms with E-state index >= 15 is 0 Å². The van der Waals surface area contributed by atoms with Crippen LogP contribution in [0.4, 0.5) is 5.69 Å². The molecule has 3 aliphatic rings. The number of hydrogen-bond acceptors (Lipinski definition) is 4. The minimum Gasteiger partial charge on any atom is -0.369 e. The maximum absolute atomic E-state index is 12.8. The van der Waals surface area contributed by atoms with Crippen LogP contribution >= 0.6 is 11.3 Å². The third kappa shape index (κ3) is 3.82. The molecule has 4 nitrogen and oxygen atoms in total. The van der Waals surface area contributed by atoms with Gasteiger partial charge in [0.25, 0.3) is 5.91 Å². The largest absolute Gasteiger partial charge is 0.369 e. The van der Waals surface area contributed by atoms with E-state index in [0.717, 1.165) is 55.5 Å². The van der Waals surface area contributed by atoms with Crippen molar-refractivity contribution < 1.29 is 4.79 Å². The van der Waals surface area contributed by atoms with Gasteiger partial charge in [0, 0.05) is 55.9 Å². The van der Waals surface area contributed by atoms with Gasteiger partial charge in [-0.3, -0.25) is 9.69 Å². The van der Waals surface area contributed by atoms with Gasteiger partial charge >= 0.3 is 0 Å². The van der Waals surface area contributed by atoms with E-state index in [1.54, 1.807) is 11.3 Å². The molecule has 2 aromatic rings. The minimum atomic E-state index is 0.220. The molecule has 0 atom stereocenters. The predicted octanol–water partition coefficient (Wildman–Crippen LogP) is 4.63. The zero-order valence-electron chi connectivity index (χ0n) is 17.4. The zero-order valence-corrected chi connectivity index (χ0v) is 18.2.